The van der Waals surface area contributed by atoms with Crippen molar-refractivity contribution in [1.29, 1.82) is 0 Å². The fourth-order valence-electron chi connectivity index (χ4n) is 4.44. The Balaban J connectivity index is 1.29. The fraction of sp³-hybridized carbons (Fsp3) is 0.222. The molecule has 172 valence electrons. The third-order valence-electron chi connectivity index (χ3n) is 6.25. The second-order valence-electron chi connectivity index (χ2n) is 8.58. The SMILES string of the molecule is Cc1cc(N2CCCC2)ccc1/C=C1/SC(=O)N(CC(=O)Nc2cccc3ccccc23)C1=O. The number of rotatable bonds is 5. The molecule has 0 radical (unpaired) electrons. The van der Waals surface area contributed by atoms with E-state index in [0.717, 1.165) is 51.7 Å². The van der Waals surface area contributed by atoms with Crippen molar-refractivity contribution in [1.82, 2.24) is 4.90 Å². The lowest BCUT2D eigenvalue weighted by molar-refractivity contribution is -0.127. The molecule has 0 aromatic heterocycles. The van der Waals surface area contributed by atoms with Gasteiger partial charge in [0.2, 0.25) is 5.91 Å². The van der Waals surface area contributed by atoms with E-state index in [0.29, 0.717) is 10.6 Å². The van der Waals surface area contributed by atoms with Crippen LogP contribution in [0.5, 0.6) is 0 Å². The van der Waals surface area contributed by atoms with Gasteiger partial charge in [0.25, 0.3) is 11.1 Å². The van der Waals surface area contributed by atoms with Gasteiger partial charge in [-0.15, -0.1) is 0 Å². The molecule has 6 nitrogen and oxygen atoms in total. The monoisotopic (exact) mass is 471 g/mol. The van der Waals surface area contributed by atoms with Crippen LogP contribution in [0.4, 0.5) is 16.2 Å². The van der Waals surface area contributed by atoms with E-state index in [9.17, 15) is 14.4 Å². The lowest BCUT2D eigenvalue weighted by Gasteiger charge is -2.18. The summed E-state index contributed by atoms with van der Waals surface area (Å²) in [5.74, 6) is -0.850. The highest BCUT2D eigenvalue weighted by molar-refractivity contribution is 8.18. The maximum Gasteiger partial charge on any atom is 0.294 e. The molecule has 2 fully saturated rings. The van der Waals surface area contributed by atoms with Crippen LogP contribution in [0, 0.1) is 6.92 Å². The van der Waals surface area contributed by atoms with Crippen LogP contribution >= 0.6 is 11.8 Å². The summed E-state index contributed by atoms with van der Waals surface area (Å²) in [4.78, 5) is 41.9. The predicted octanol–water partition coefficient (Wildman–Crippen LogP) is 5.42. The van der Waals surface area contributed by atoms with Gasteiger partial charge in [-0.3, -0.25) is 19.3 Å². The number of carbonyl (C=O) groups excluding carboxylic acids is 3. The van der Waals surface area contributed by atoms with Gasteiger partial charge < -0.3 is 10.2 Å². The number of carbonyl (C=O) groups is 3. The average Bonchev–Trinajstić information content (AvgIpc) is 3.46. The molecule has 0 saturated carbocycles. The van der Waals surface area contributed by atoms with E-state index in [4.69, 9.17) is 0 Å². The summed E-state index contributed by atoms with van der Waals surface area (Å²) in [7, 11) is 0. The molecule has 2 aliphatic heterocycles. The summed E-state index contributed by atoms with van der Waals surface area (Å²) < 4.78 is 0. The number of amides is 3. The summed E-state index contributed by atoms with van der Waals surface area (Å²) in [6.45, 7) is 3.82. The smallest absolute Gasteiger partial charge is 0.294 e. The zero-order valence-corrected chi connectivity index (χ0v) is 19.7. The number of nitrogens with zero attached hydrogens (tertiary/aromatic N) is 2. The first-order valence-corrected chi connectivity index (χ1v) is 12.2. The van der Waals surface area contributed by atoms with Crippen LogP contribution in [0.15, 0.2) is 65.6 Å². The lowest BCUT2D eigenvalue weighted by Crippen LogP contribution is -2.36. The van der Waals surface area contributed by atoms with Crippen LogP contribution in [0.1, 0.15) is 24.0 Å². The standard InChI is InChI=1S/C27H25N3O3S/c1-18-15-21(29-13-4-5-14-29)12-11-20(18)16-24-26(32)30(27(33)34-24)17-25(31)28-23-10-6-8-19-7-2-3-9-22(19)23/h2-3,6-12,15-16H,4-5,13-14,17H2,1H3,(H,28,31)/b24-16+. The Kier molecular flexibility index (Phi) is 6.11. The molecule has 1 N–H and O–H groups in total. The van der Waals surface area contributed by atoms with Crippen LogP contribution < -0.4 is 10.2 Å². The topological polar surface area (TPSA) is 69.7 Å². The number of fused-ring (bicyclic) bond motifs is 1. The van der Waals surface area contributed by atoms with Gasteiger partial charge in [-0.25, -0.2) is 0 Å². The van der Waals surface area contributed by atoms with Gasteiger partial charge in [0, 0.05) is 29.9 Å². The first-order valence-electron chi connectivity index (χ1n) is 11.4. The largest absolute Gasteiger partial charge is 0.372 e. The number of anilines is 2. The van der Waals surface area contributed by atoms with Crippen molar-refractivity contribution in [2.24, 2.45) is 0 Å². The third kappa shape index (κ3) is 4.43. The van der Waals surface area contributed by atoms with Crippen molar-refractivity contribution in [3.05, 3.63) is 76.7 Å². The molecule has 3 amide bonds. The maximum absolute atomic E-state index is 12.9. The lowest BCUT2D eigenvalue weighted by atomic mass is 10.1. The quantitative estimate of drug-likeness (QED) is 0.503. The molecule has 0 spiro atoms. The molecule has 0 bridgehead atoms. The van der Waals surface area contributed by atoms with Crippen LogP contribution in [0.25, 0.3) is 16.8 Å². The summed E-state index contributed by atoms with van der Waals surface area (Å²) in [5, 5.41) is 4.31. The van der Waals surface area contributed by atoms with Crippen molar-refractivity contribution in [3.63, 3.8) is 0 Å². The Labute approximate surface area is 202 Å². The summed E-state index contributed by atoms with van der Waals surface area (Å²) in [6.07, 6.45) is 4.17. The van der Waals surface area contributed by atoms with Crippen LogP contribution in [-0.2, 0) is 9.59 Å². The normalized spacial score (nSPS) is 17.3. The highest BCUT2D eigenvalue weighted by Crippen LogP contribution is 2.33. The summed E-state index contributed by atoms with van der Waals surface area (Å²) in [6, 6.07) is 19.5. The summed E-state index contributed by atoms with van der Waals surface area (Å²) >= 11 is 0.874. The zero-order valence-electron chi connectivity index (χ0n) is 18.9. The third-order valence-corrected chi connectivity index (χ3v) is 7.16. The molecule has 2 saturated heterocycles. The van der Waals surface area contributed by atoms with Crippen LogP contribution in [0.3, 0.4) is 0 Å². The van der Waals surface area contributed by atoms with Crippen LogP contribution in [-0.4, -0.2) is 41.6 Å². The second kappa shape index (κ2) is 9.35. The zero-order chi connectivity index (χ0) is 23.7. The van der Waals surface area contributed by atoms with Gasteiger partial charge in [-0.1, -0.05) is 42.5 Å². The van der Waals surface area contributed by atoms with Gasteiger partial charge in [0.15, 0.2) is 0 Å². The fourth-order valence-corrected chi connectivity index (χ4v) is 5.27. The van der Waals surface area contributed by atoms with E-state index in [-0.39, 0.29) is 6.54 Å². The van der Waals surface area contributed by atoms with E-state index >= 15 is 0 Å². The van der Waals surface area contributed by atoms with Crippen molar-refractivity contribution >= 4 is 57.0 Å². The highest BCUT2D eigenvalue weighted by atomic mass is 32.2. The summed E-state index contributed by atoms with van der Waals surface area (Å²) in [5.41, 5.74) is 3.78. The van der Waals surface area contributed by atoms with E-state index in [2.05, 4.69) is 22.3 Å². The van der Waals surface area contributed by atoms with Crippen molar-refractivity contribution in [2.75, 3.05) is 29.9 Å². The number of imide groups is 1. The number of hydrogen-bond donors (Lipinski definition) is 1. The van der Waals surface area contributed by atoms with Crippen molar-refractivity contribution in [3.8, 4) is 0 Å². The van der Waals surface area contributed by atoms with Gasteiger partial charge in [-0.05, 0) is 72.3 Å². The first kappa shape index (κ1) is 22.2. The molecule has 5 rings (SSSR count). The molecule has 3 aromatic carbocycles. The maximum atomic E-state index is 12.9. The molecular formula is C27H25N3O3S. The number of aryl methyl sites for hydroxylation is 1. The molecule has 2 aliphatic rings. The van der Waals surface area contributed by atoms with E-state index in [1.807, 2.05) is 55.5 Å². The Morgan fingerprint density at radius 2 is 1.79 bits per heavy atom. The first-order chi connectivity index (χ1) is 16.5. The minimum absolute atomic E-state index is 0.321. The molecule has 0 unspecified atom stereocenters. The number of hydrogen-bond acceptors (Lipinski definition) is 5. The van der Waals surface area contributed by atoms with Crippen molar-refractivity contribution in [2.45, 2.75) is 19.8 Å². The minimum atomic E-state index is -0.439. The van der Waals surface area contributed by atoms with Crippen LogP contribution in [0.2, 0.25) is 0 Å². The second-order valence-corrected chi connectivity index (χ2v) is 9.57. The van der Waals surface area contributed by atoms with Crippen molar-refractivity contribution < 1.29 is 14.4 Å². The molecule has 7 heteroatoms. The molecule has 34 heavy (non-hydrogen) atoms. The van der Waals surface area contributed by atoms with E-state index in [1.54, 1.807) is 6.08 Å². The molecule has 3 aromatic rings. The van der Waals surface area contributed by atoms with Gasteiger partial charge in [0.05, 0.1) is 4.91 Å². The predicted molar refractivity (Wildman–Crippen MR) is 138 cm³/mol. The van der Waals surface area contributed by atoms with Gasteiger partial charge in [-0.2, -0.15) is 0 Å². The molecule has 2 heterocycles. The Morgan fingerprint density at radius 1 is 1.03 bits per heavy atom. The van der Waals surface area contributed by atoms with Gasteiger partial charge >= 0.3 is 0 Å². The molecule has 0 atom stereocenters. The average molecular weight is 472 g/mol. The molecule has 0 aliphatic carbocycles. The van der Waals surface area contributed by atoms with Gasteiger partial charge in [0.1, 0.15) is 6.54 Å². The molecular weight excluding hydrogens is 446 g/mol. The van der Waals surface area contributed by atoms with E-state index < -0.39 is 17.1 Å². The number of benzene rings is 3. The Hall–Kier alpha value is -3.58. The Morgan fingerprint density at radius 3 is 2.59 bits per heavy atom. The Bertz CT molecular complexity index is 1320. The minimum Gasteiger partial charge on any atom is -0.372 e. The highest BCUT2D eigenvalue weighted by Gasteiger charge is 2.36. The number of thioether (sulfide) groups is 1. The number of nitrogens with one attached hydrogen (secondary N) is 1. The van der Waals surface area contributed by atoms with E-state index in [1.165, 1.54) is 18.5 Å².